The van der Waals surface area contributed by atoms with Gasteiger partial charge in [-0.3, -0.25) is 9.59 Å². The summed E-state index contributed by atoms with van der Waals surface area (Å²) in [5.74, 6) is 1.02. The van der Waals surface area contributed by atoms with Crippen molar-refractivity contribution in [3.8, 4) is 5.75 Å². The lowest BCUT2D eigenvalue weighted by atomic mass is 9.88. The van der Waals surface area contributed by atoms with E-state index in [4.69, 9.17) is 9.26 Å². The third-order valence-electron chi connectivity index (χ3n) is 5.85. The highest BCUT2D eigenvalue weighted by atomic mass is 16.5. The average molecular weight is 406 g/mol. The molecule has 0 unspecified atom stereocenters. The van der Waals surface area contributed by atoms with Gasteiger partial charge in [0.05, 0.1) is 12.8 Å². The Hall–Kier alpha value is -3.15. The van der Waals surface area contributed by atoms with Gasteiger partial charge in [-0.2, -0.15) is 0 Å². The summed E-state index contributed by atoms with van der Waals surface area (Å²) in [7, 11) is 1.61. The minimum absolute atomic E-state index is 0.0241. The second kappa shape index (κ2) is 9.11. The second-order valence-electron chi connectivity index (χ2n) is 7.73. The van der Waals surface area contributed by atoms with E-state index in [1.54, 1.807) is 7.11 Å². The van der Waals surface area contributed by atoms with Gasteiger partial charge >= 0.3 is 0 Å². The molecule has 1 fully saturated rings. The van der Waals surface area contributed by atoms with Gasteiger partial charge in [-0.05, 0) is 62.1 Å². The summed E-state index contributed by atoms with van der Waals surface area (Å²) in [6.07, 6.45) is 3.36. The smallest absolute Gasteiger partial charge is 0.222 e. The zero-order chi connectivity index (χ0) is 20.9. The normalized spacial score (nSPS) is 14.8. The molecule has 2 aromatic carbocycles. The number of ether oxygens (including phenoxy) is 1. The number of hydrogen-bond acceptors (Lipinski definition) is 5. The van der Waals surface area contributed by atoms with Crippen molar-refractivity contribution in [3.63, 3.8) is 0 Å². The first kappa shape index (κ1) is 20.1. The Morgan fingerprint density at radius 3 is 2.57 bits per heavy atom. The summed E-state index contributed by atoms with van der Waals surface area (Å²) in [6, 6.07) is 15.0. The fourth-order valence-electron chi connectivity index (χ4n) is 4.07. The van der Waals surface area contributed by atoms with Gasteiger partial charge in [0.25, 0.3) is 0 Å². The van der Waals surface area contributed by atoms with E-state index in [-0.39, 0.29) is 17.6 Å². The number of carbonyl (C=O) groups excluding carboxylic acids is 2. The number of hydrogen-bond donors (Lipinski definition) is 0. The van der Waals surface area contributed by atoms with E-state index < -0.39 is 0 Å². The maximum Gasteiger partial charge on any atom is 0.222 e. The van der Waals surface area contributed by atoms with Gasteiger partial charge in [-0.15, -0.1) is 0 Å². The number of methoxy groups -OCH3 is 1. The fraction of sp³-hybridized carbons (Fsp3) is 0.375. The summed E-state index contributed by atoms with van der Waals surface area (Å²) in [5, 5.41) is 5.14. The van der Waals surface area contributed by atoms with Gasteiger partial charge in [-0.25, -0.2) is 0 Å². The SMILES string of the molecule is COc1ccc(C(=O)C2CCN(C(=O)CCCc3noc4ccccc34)CC2)cc1. The van der Waals surface area contributed by atoms with Gasteiger partial charge in [0, 0.05) is 36.4 Å². The van der Waals surface area contributed by atoms with Crippen LogP contribution in [0.1, 0.15) is 41.7 Å². The lowest BCUT2D eigenvalue weighted by Crippen LogP contribution is -2.40. The van der Waals surface area contributed by atoms with Crippen LogP contribution in [0, 0.1) is 5.92 Å². The van der Waals surface area contributed by atoms with Crippen molar-refractivity contribution >= 4 is 22.7 Å². The van der Waals surface area contributed by atoms with Crippen molar-refractivity contribution in [1.29, 1.82) is 0 Å². The lowest BCUT2D eigenvalue weighted by molar-refractivity contribution is -0.132. The molecule has 1 aromatic heterocycles. The summed E-state index contributed by atoms with van der Waals surface area (Å²) in [4.78, 5) is 27.2. The largest absolute Gasteiger partial charge is 0.497 e. The molecule has 1 saturated heterocycles. The molecular weight excluding hydrogens is 380 g/mol. The number of aromatic nitrogens is 1. The minimum Gasteiger partial charge on any atom is -0.497 e. The van der Waals surface area contributed by atoms with Crippen LogP contribution in [0.25, 0.3) is 11.0 Å². The molecule has 6 nitrogen and oxygen atoms in total. The molecule has 0 aliphatic carbocycles. The number of amides is 1. The van der Waals surface area contributed by atoms with Crippen LogP contribution in [0.3, 0.4) is 0 Å². The number of carbonyl (C=O) groups is 2. The maximum absolute atomic E-state index is 12.7. The van der Waals surface area contributed by atoms with Crippen LogP contribution >= 0.6 is 0 Å². The molecule has 2 heterocycles. The summed E-state index contributed by atoms with van der Waals surface area (Å²) in [6.45, 7) is 1.27. The van der Waals surface area contributed by atoms with E-state index in [0.29, 0.717) is 37.9 Å². The van der Waals surface area contributed by atoms with Crippen molar-refractivity contribution < 1.29 is 18.8 Å². The van der Waals surface area contributed by atoms with E-state index in [0.717, 1.165) is 35.3 Å². The first-order valence-corrected chi connectivity index (χ1v) is 10.4. The average Bonchev–Trinajstić information content (AvgIpc) is 3.22. The van der Waals surface area contributed by atoms with Crippen LogP contribution < -0.4 is 4.74 Å². The Balaban J connectivity index is 1.24. The van der Waals surface area contributed by atoms with Crippen LogP contribution in [-0.4, -0.2) is 41.9 Å². The number of Topliss-reactive ketones (excluding diaryl/α,β-unsaturated/α-hetero) is 1. The van der Waals surface area contributed by atoms with Crippen LogP contribution in [0.15, 0.2) is 53.1 Å². The first-order valence-electron chi connectivity index (χ1n) is 10.4. The number of likely N-dealkylation sites (tertiary alicyclic amines) is 1. The molecule has 1 amide bonds. The summed E-state index contributed by atoms with van der Waals surface area (Å²) in [5.41, 5.74) is 2.39. The van der Waals surface area contributed by atoms with Crippen LogP contribution in [0.4, 0.5) is 0 Å². The van der Waals surface area contributed by atoms with Gasteiger partial charge < -0.3 is 14.2 Å². The predicted molar refractivity (Wildman–Crippen MR) is 114 cm³/mol. The van der Waals surface area contributed by atoms with E-state index in [1.807, 2.05) is 53.4 Å². The minimum atomic E-state index is -0.0241. The number of fused-ring (bicyclic) bond motifs is 1. The van der Waals surface area contributed by atoms with E-state index in [9.17, 15) is 9.59 Å². The van der Waals surface area contributed by atoms with Gasteiger partial charge in [-0.1, -0.05) is 17.3 Å². The molecule has 0 radical (unpaired) electrons. The van der Waals surface area contributed by atoms with Gasteiger partial charge in [0.1, 0.15) is 5.75 Å². The summed E-state index contributed by atoms with van der Waals surface area (Å²) < 4.78 is 10.5. The Morgan fingerprint density at radius 1 is 1.10 bits per heavy atom. The van der Waals surface area contributed by atoms with Crippen LogP contribution in [0.2, 0.25) is 0 Å². The molecule has 6 heteroatoms. The highest BCUT2D eigenvalue weighted by Crippen LogP contribution is 2.24. The highest BCUT2D eigenvalue weighted by molar-refractivity contribution is 5.98. The quantitative estimate of drug-likeness (QED) is 0.548. The van der Waals surface area contributed by atoms with E-state index >= 15 is 0 Å². The molecule has 0 N–H and O–H groups in total. The van der Waals surface area contributed by atoms with Crippen molar-refractivity contribution in [2.24, 2.45) is 5.92 Å². The van der Waals surface area contributed by atoms with E-state index in [2.05, 4.69) is 5.16 Å². The third-order valence-corrected chi connectivity index (χ3v) is 5.85. The van der Waals surface area contributed by atoms with Gasteiger partial charge in [0.15, 0.2) is 11.4 Å². The van der Waals surface area contributed by atoms with Crippen LogP contribution in [0.5, 0.6) is 5.75 Å². The molecule has 156 valence electrons. The maximum atomic E-state index is 12.7. The van der Waals surface area contributed by atoms with Gasteiger partial charge in [0.2, 0.25) is 5.91 Å². The van der Waals surface area contributed by atoms with Crippen LogP contribution in [-0.2, 0) is 11.2 Å². The highest BCUT2D eigenvalue weighted by Gasteiger charge is 2.27. The van der Waals surface area contributed by atoms with Crippen molar-refractivity contribution in [3.05, 3.63) is 59.8 Å². The van der Waals surface area contributed by atoms with E-state index in [1.165, 1.54) is 0 Å². The number of benzene rings is 2. The van der Waals surface area contributed by atoms with Crippen molar-refractivity contribution in [2.75, 3.05) is 20.2 Å². The molecule has 0 bridgehead atoms. The first-order chi connectivity index (χ1) is 14.7. The number of ketones is 1. The number of aryl methyl sites for hydroxylation is 1. The topological polar surface area (TPSA) is 72.6 Å². The molecule has 0 spiro atoms. The molecule has 3 aromatic rings. The third kappa shape index (κ3) is 4.37. The molecule has 30 heavy (non-hydrogen) atoms. The monoisotopic (exact) mass is 406 g/mol. The van der Waals surface area contributed by atoms with Crippen molar-refractivity contribution in [2.45, 2.75) is 32.1 Å². The zero-order valence-electron chi connectivity index (χ0n) is 17.2. The Kier molecular flexibility index (Phi) is 6.12. The molecular formula is C24H26N2O4. The molecule has 0 atom stereocenters. The lowest BCUT2D eigenvalue weighted by Gasteiger charge is -2.31. The Morgan fingerprint density at radius 2 is 1.83 bits per heavy atom. The number of nitrogens with zero attached hydrogens (tertiary/aromatic N) is 2. The Labute approximate surface area is 175 Å². The standard InChI is InChI=1S/C24H26N2O4/c1-29-19-11-9-17(10-12-19)24(28)18-13-15-26(16-14-18)23(27)8-4-6-21-20-5-2-3-7-22(20)30-25-21/h2-3,5,7,9-12,18H,4,6,8,13-16H2,1H3. The zero-order valence-corrected chi connectivity index (χ0v) is 17.2. The second-order valence-corrected chi connectivity index (χ2v) is 7.73. The summed E-state index contributed by atoms with van der Waals surface area (Å²) >= 11 is 0. The molecule has 4 rings (SSSR count). The molecule has 1 aliphatic rings. The molecule has 0 saturated carbocycles. The molecule has 1 aliphatic heterocycles. The number of piperidine rings is 1. The Bertz CT molecular complexity index is 1020. The fourth-order valence-corrected chi connectivity index (χ4v) is 4.07. The number of rotatable bonds is 7. The predicted octanol–water partition coefficient (Wildman–Crippen LogP) is 4.28. The van der Waals surface area contributed by atoms with Crippen molar-refractivity contribution in [1.82, 2.24) is 10.1 Å². The number of para-hydroxylation sites is 1.